The number of nitrogens with zero attached hydrogens (tertiary/aromatic N) is 4. The number of hydrogen-bond acceptors (Lipinski definition) is 4. The molecule has 3 atom stereocenters. The lowest BCUT2D eigenvalue weighted by atomic mass is 10.2. The van der Waals surface area contributed by atoms with Crippen LogP contribution in [0.25, 0.3) is 10.9 Å². The quantitative estimate of drug-likeness (QED) is 0.731. The van der Waals surface area contributed by atoms with E-state index in [1.54, 1.807) is 15.6 Å². The molecule has 0 amide bonds. The average Bonchev–Trinajstić information content (AvgIpc) is 2.92. The topological polar surface area (TPSA) is 61.9 Å². The van der Waals surface area contributed by atoms with Crippen molar-refractivity contribution in [3.05, 3.63) is 57.6 Å². The molecule has 0 bridgehead atoms. The maximum absolute atomic E-state index is 12.8. The Morgan fingerprint density at radius 2 is 1.96 bits per heavy atom. The number of benzene rings is 1. The number of rotatable bonds is 3. The molecule has 3 heterocycles. The van der Waals surface area contributed by atoms with Gasteiger partial charge in [-0.2, -0.15) is 10.2 Å². The van der Waals surface area contributed by atoms with Crippen molar-refractivity contribution in [1.82, 2.24) is 19.6 Å². The van der Waals surface area contributed by atoms with Crippen molar-refractivity contribution in [1.29, 1.82) is 0 Å². The second-order valence-electron chi connectivity index (χ2n) is 6.45. The summed E-state index contributed by atoms with van der Waals surface area (Å²) >= 11 is 6.41. The Balaban J connectivity index is 1.56. The van der Waals surface area contributed by atoms with Gasteiger partial charge in [0.15, 0.2) is 5.52 Å². The maximum atomic E-state index is 12.8. The Kier molecular flexibility index (Phi) is 3.05. The highest BCUT2D eigenvalue weighted by Crippen LogP contribution is 2.53. The predicted octanol–water partition coefficient (Wildman–Crippen LogP) is 2.11. The standard InChI is InChI=1S/C17H15ClN4O2/c18-16-11-6-19-22(15-12-8-24-9-13(12)15)17(23)14(11)20-21(16)7-10-4-2-1-3-5-10/h1-6,12-13,15H,7-9H2/t12-,13+,15?. The van der Waals surface area contributed by atoms with E-state index in [1.807, 2.05) is 30.3 Å². The second kappa shape index (κ2) is 5.16. The van der Waals surface area contributed by atoms with Gasteiger partial charge in [0.25, 0.3) is 5.56 Å². The maximum Gasteiger partial charge on any atom is 0.295 e. The molecule has 1 aliphatic heterocycles. The first kappa shape index (κ1) is 14.2. The van der Waals surface area contributed by atoms with E-state index in [4.69, 9.17) is 16.3 Å². The molecule has 2 fully saturated rings. The largest absolute Gasteiger partial charge is 0.381 e. The zero-order valence-corrected chi connectivity index (χ0v) is 13.6. The van der Waals surface area contributed by atoms with Crippen LogP contribution in [-0.2, 0) is 11.3 Å². The van der Waals surface area contributed by atoms with E-state index in [2.05, 4.69) is 10.2 Å². The van der Waals surface area contributed by atoms with Gasteiger partial charge < -0.3 is 4.74 Å². The summed E-state index contributed by atoms with van der Waals surface area (Å²) in [6.45, 7) is 1.95. The molecular weight excluding hydrogens is 328 g/mol. The van der Waals surface area contributed by atoms with Gasteiger partial charge in [0.05, 0.1) is 37.4 Å². The van der Waals surface area contributed by atoms with E-state index in [-0.39, 0.29) is 11.6 Å². The summed E-state index contributed by atoms with van der Waals surface area (Å²) in [5.41, 5.74) is 1.30. The third-order valence-corrected chi connectivity index (χ3v) is 5.41. The molecule has 0 radical (unpaired) electrons. The van der Waals surface area contributed by atoms with Crippen LogP contribution in [0.2, 0.25) is 5.15 Å². The van der Waals surface area contributed by atoms with E-state index in [0.717, 1.165) is 5.56 Å². The van der Waals surface area contributed by atoms with Crippen LogP contribution in [0.3, 0.4) is 0 Å². The van der Waals surface area contributed by atoms with Crippen molar-refractivity contribution in [2.45, 2.75) is 12.6 Å². The third kappa shape index (κ3) is 2.03. The normalized spacial score (nSPS) is 25.1. The summed E-state index contributed by atoms with van der Waals surface area (Å²) in [6, 6.07) is 10.1. The number of halogens is 1. The van der Waals surface area contributed by atoms with Crippen LogP contribution >= 0.6 is 11.6 Å². The second-order valence-corrected chi connectivity index (χ2v) is 6.80. The Labute approximate surface area is 142 Å². The van der Waals surface area contributed by atoms with Gasteiger partial charge in [0.2, 0.25) is 0 Å². The molecule has 5 rings (SSSR count). The summed E-state index contributed by atoms with van der Waals surface area (Å²) in [5.74, 6) is 0.823. The highest BCUT2D eigenvalue weighted by molar-refractivity contribution is 6.34. The van der Waals surface area contributed by atoms with Gasteiger partial charge in [0, 0.05) is 11.8 Å². The molecule has 0 spiro atoms. The molecule has 2 aromatic heterocycles. The average molecular weight is 343 g/mol. The fraction of sp³-hybridized carbons (Fsp3) is 0.353. The van der Waals surface area contributed by atoms with Crippen molar-refractivity contribution in [3.63, 3.8) is 0 Å². The summed E-state index contributed by atoms with van der Waals surface area (Å²) in [4.78, 5) is 12.8. The molecule has 7 heteroatoms. The van der Waals surface area contributed by atoms with Crippen molar-refractivity contribution in [3.8, 4) is 0 Å². The Hall–Kier alpha value is -2.18. The van der Waals surface area contributed by atoms with Crippen LogP contribution in [0.4, 0.5) is 0 Å². The van der Waals surface area contributed by atoms with Gasteiger partial charge >= 0.3 is 0 Å². The number of aromatic nitrogens is 4. The number of fused-ring (bicyclic) bond motifs is 2. The molecule has 1 aliphatic carbocycles. The smallest absolute Gasteiger partial charge is 0.295 e. The van der Waals surface area contributed by atoms with E-state index < -0.39 is 0 Å². The van der Waals surface area contributed by atoms with Crippen molar-refractivity contribution in [2.75, 3.05) is 13.2 Å². The number of ether oxygens (including phenoxy) is 1. The third-order valence-electron chi connectivity index (χ3n) is 5.01. The molecular formula is C17H15ClN4O2. The van der Waals surface area contributed by atoms with Crippen LogP contribution < -0.4 is 5.56 Å². The molecule has 3 aromatic rings. The summed E-state index contributed by atoms with van der Waals surface area (Å²) in [6.07, 6.45) is 1.66. The van der Waals surface area contributed by atoms with E-state index in [9.17, 15) is 4.79 Å². The highest BCUT2D eigenvalue weighted by Gasteiger charge is 2.56. The van der Waals surface area contributed by atoms with E-state index in [0.29, 0.717) is 47.7 Å². The fourth-order valence-corrected chi connectivity index (χ4v) is 3.89. The molecule has 122 valence electrons. The molecule has 1 saturated heterocycles. The van der Waals surface area contributed by atoms with Crippen LogP contribution in [0.15, 0.2) is 41.3 Å². The minimum Gasteiger partial charge on any atom is -0.381 e. The van der Waals surface area contributed by atoms with Crippen LogP contribution in [0.5, 0.6) is 0 Å². The molecule has 1 aromatic carbocycles. The van der Waals surface area contributed by atoms with Crippen molar-refractivity contribution < 1.29 is 4.74 Å². The van der Waals surface area contributed by atoms with Gasteiger partial charge in [-0.1, -0.05) is 41.9 Å². The van der Waals surface area contributed by atoms with Gasteiger partial charge in [-0.15, -0.1) is 0 Å². The first-order valence-electron chi connectivity index (χ1n) is 7.99. The minimum absolute atomic E-state index is 0.147. The number of hydrogen-bond donors (Lipinski definition) is 0. The van der Waals surface area contributed by atoms with Crippen molar-refractivity contribution >= 4 is 22.5 Å². The Morgan fingerprint density at radius 1 is 1.21 bits per heavy atom. The van der Waals surface area contributed by atoms with Gasteiger partial charge in [-0.05, 0) is 5.56 Å². The van der Waals surface area contributed by atoms with Crippen LogP contribution in [0, 0.1) is 11.8 Å². The minimum atomic E-state index is -0.166. The predicted molar refractivity (Wildman–Crippen MR) is 89.2 cm³/mol. The lowest BCUT2D eigenvalue weighted by Gasteiger charge is -2.06. The molecule has 6 nitrogen and oxygen atoms in total. The monoisotopic (exact) mass is 342 g/mol. The molecule has 1 saturated carbocycles. The SMILES string of the molecule is O=c1c2nn(Cc3ccccc3)c(Cl)c2cnn1C1[C@H]2COC[C@@H]12. The first-order chi connectivity index (χ1) is 11.7. The van der Waals surface area contributed by atoms with Gasteiger partial charge in [-0.25, -0.2) is 9.36 Å². The Bertz CT molecular complexity index is 971. The van der Waals surface area contributed by atoms with Crippen molar-refractivity contribution in [2.24, 2.45) is 11.8 Å². The van der Waals surface area contributed by atoms with Crippen LogP contribution in [0.1, 0.15) is 11.6 Å². The first-order valence-corrected chi connectivity index (χ1v) is 8.37. The summed E-state index contributed by atoms with van der Waals surface area (Å²) in [5, 5.41) is 9.85. The van der Waals surface area contributed by atoms with Gasteiger partial charge in [0.1, 0.15) is 5.15 Å². The van der Waals surface area contributed by atoms with E-state index >= 15 is 0 Å². The van der Waals surface area contributed by atoms with Crippen LogP contribution in [-0.4, -0.2) is 32.8 Å². The zero-order chi connectivity index (χ0) is 16.3. The fourth-order valence-electron chi connectivity index (χ4n) is 3.65. The molecule has 1 unspecified atom stereocenters. The highest BCUT2D eigenvalue weighted by atomic mass is 35.5. The Morgan fingerprint density at radius 3 is 2.71 bits per heavy atom. The van der Waals surface area contributed by atoms with E-state index in [1.165, 1.54) is 0 Å². The lowest BCUT2D eigenvalue weighted by molar-refractivity contribution is 0.149. The molecule has 2 aliphatic rings. The lowest BCUT2D eigenvalue weighted by Crippen LogP contribution is -2.24. The van der Waals surface area contributed by atoms with Gasteiger partial charge in [-0.3, -0.25) is 4.79 Å². The molecule has 0 N–H and O–H groups in total. The summed E-state index contributed by atoms with van der Waals surface area (Å²) in [7, 11) is 0. The molecule has 24 heavy (non-hydrogen) atoms. The summed E-state index contributed by atoms with van der Waals surface area (Å²) < 4.78 is 8.62. The zero-order valence-electron chi connectivity index (χ0n) is 12.8.